The first-order valence-electron chi connectivity index (χ1n) is 13.9. The SMILES string of the molecule is CC1CCN(S(=O)(=O)c2ccc3c(c2)c(=O)c(C(=O)N(C[C@@H]2CC=CCC2)C[C@@H]2CCCO2)cn3C)CC1. The van der Waals surface area contributed by atoms with Gasteiger partial charge in [0.05, 0.1) is 16.5 Å². The highest BCUT2D eigenvalue weighted by Gasteiger charge is 2.30. The third-order valence-electron chi connectivity index (χ3n) is 8.36. The molecule has 206 valence electrons. The minimum absolute atomic E-state index is 0.0219. The first kappa shape index (κ1) is 27.1. The molecule has 3 heterocycles. The molecule has 38 heavy (non-hydrogen) atoms. The monoisotopic (exact) mass is 541 g/mol. The van der Waals surface area contributed by atoms with Gasteiger partial charge < -0.3 is 14.2 Å². The van der Waals surface area contributed by atoms with E-state index in [1.54, 1.807) is 34.8 Å². The predicted octanol–water partition coefficient (Wildman–Crippen LogP) is 3.94. The smallest absolute Gasteiger partial charge is 0.259 e. The zero-order chi connectivity index (χ0) is 26.9. The zero-order valence-electron chi connectivity index (χ0n) is 22.5. The lowest BCUT2D eigenvalue weighted by molar-refractivity contribution is 0.0482. The molecule has 1 aliphatic carbocycles. The van der Waals surface area contributed by atoms with E-state index in [0.717, 1.165) is 44.9 Å². The fraction of sp³-hybridized carbons (Fsp3) is 0.586. The molecule has 0 spiro atoms. The normalized spacial score (nSPS) is 23.2. The Balaban J connectivity index is 1.49. The molecule has 1 aromatic carbocycles. The van der Waals surface area contributed by atoms with E-state index in [2.05, 4.69) is 19.1 Å². The first-order chi connectivity index (χ1) is 18.2. The minimum Gasteiger partial charge on any atom is -0.376 e. The number of nitrogens with zero attached hydrogens (tertiary/aromatic N) is 3. The van der Waals surface area contributed by atoms with Crippen LogP contribution in [0.1, 0.15) is 62.2 Å². The molecule has 0 saturated carbocycles. The summed E-state index contributed by atoms with van der Waals surface area (Å²) in [6, 6.07) is 4.69. The Labute approximate surface area is 225 Å². The molecular formula is C29H39N3O5S. The Morgan fingerprint density at radius 3 is 2.58 bits per heavy atom. The van der Waals surface area contributed by atoms with Gasteiger partial charge in [-0.15, -0.1) is 0 Å². The van der Waals surface area contributed by atoms with Crippen molar-refractivity contribution in [2.45, 2.75) is 62.9 Å². The molecule has 1 amide bonds. The number of sulfonamides is 1. The molecule has 1 aromatic heterocycles. The van der Waals surface area contributed by atoms with E-state index in [9.17, 15) is 18.0 Å². The Morgan fingerprint density at radius 2 is 1.89 bits per heavy atom. The number of amides is 1. The van der Waals surface area contributed by atoms with Crippen LogP contribution in [0.3, 0.4) is 0 Å². The van der Waals surface area contributed by atoms with Crippen molar-refractivity contribution in [2.75, 3.05) is 32.8 Å². The number of allylic oxidation sites excluding steroid dienone is 2. The Hall–Kier alpha value is -2.49. The summed E-state index contributed by atoms with van der Waals surface area (Å²) < 4.78 is 35.9. The molecule has 0 N–H and O–H groups in total. The quantitative estimate of drug-likeness (QED) is 0.496. The number of aryl methyl sites for hydroxylation is 1. The Bertz CT molecular complexity index is 1370. The number of fused-ring (bicyclic) bond motifs is 1. The van der Waals surface area contributed by atoms with Gasteiger partial charge in [-0.1, -0.05) is 19.1 Å². The largest absolute Gasteiger partial charge is 0.376 e. The number of rotatable bonds is 7. The highest BCUT2D eigenvalue weighted by atomic mass is 32.2. The highest BCUT2D eigenvalue weighted by molar-refractivity contribution is 7.89. The van der Waals surface area contributed by atoms with Gasteiger partial charge >= 0.3 is 0 Å². The molecule has 8 nitrogen and oxygen atoms in total. The number of pyridine rings is 1. The van der Waals surface area contributed by atoms with E-state index in [1.165, 1.54) is 10.4 Å². The van der Waals surface area contributed by atoms with Gasteiger partial charge in [0.1, 0.15) is 5.56 Å². The highest BCUT2D eigenvalue weighted by Crippen LogP contribution is 2.26. The molecule has 9 heteroatoms. The van der Waals surface area contributed by atoms with Gasteiger partial charge in [0, 0.05) is 51.4 Å². The van der Waals surface area contributed by atoms with Gasteiger partial charge in [0.25, 0.3) is 5.91 Å². The number of piperidine rings is 1. The number of hydrogen-bond acceptors (Lipinski definition) is 5. The summed E-state index contributed by atoms with van der Waals surface area (Å²) >= 11 is 0. The number of carbonyl (C=O) groups is 1. The molecule has 0 unspecified atom stereocenters. The molecule has 0 bridgehead atoms. The fourth-order valence-electron chi connectivity index (χ4n) is 5.94. The van der Waals surface area contributed by atoms with E-state index in [1.807, 2.05) is 0 Å². The van der Waals surface area contributed by atoms with Crippen molar-refractivity contribution in [3.63, 3.8) is 0 Å². The van der Waals surface area contributed by atoms with Crippen LogP contribution in [0, 0.1) is 11.8 Å². The van der Waals surface area contributed by atoms with Crippen molar-refractivity contribution in [3.8, 4) is 0 Å². The summed E-state index contributed by atoms with van der Waals surface area (Å²) in [6.07, 6.45) is 12.4. The van der Waals surface area contributed by atoms with E-state index in [4.69, 9.17) is 4.74 Å². The summed E-state index contributed by atoms with van der Waals surface area (Å²) in [6.45, 7) is 4.83. The molecule has 0 radical (unpaired) electrons. The maximum absolute atomic E-state index is 13.9. The van der Waals surface area contributed by atoms with Crippen molar-refractivity contribution in [2.24, 2.45) is 18.9 Å². The number of carbonyl (C=O) groups excluding carboxylic acids is 1. The van der Waals surface area contributed by atoms with E-state index in [-0.39, 0.29) is 27.9 Å². The van der Waals surface area contributed by atoms with Gasteiger partial charge in [-0.05, 0) is 75.0 Å². The second-order valence-electron chi connectivity index (χ2n) is 11.2. The predicted molar refractivity (Wildman–Crippen MR) is 148 cm³/mol. The molecule has 5 rings (SSSR count). The van der Waals surface area contributed by atoms with Crippen LogP contribution >= 0.6 is 0 Å². The number of hydrogen-bond donors (Lipinski definition) is 0. The lowest BCUT2D eigenvalue weighted by Crippen LogP contribution is -2.42. The van der Waals surface area contributed by atoms with Crippen LogP contribution in [0.5, 0.6) is 0 Å². The summed E-state index contributed by atoms with van der Waals surface area (Å²) in [7, 11) is -1.94. The molecule has 2 aromatic rings. The summed E-state index contributed by atoms with van der Waals surface area (Å²) in [5, 5.41) is 0.252. The van der Waals surface area contributed by atoms with E-state index in [0.29, 0.717) is 50.1 Å². The second kappa shape index (κ2) is 11.3. The Morgan fingerprint density at radius 1 is 1.11 bits per heavy atom. The van der Waals surface area contributed by atoms with Gasteiger partial charge in [-0.25, -0.2) is 8.42 Å². The molecule has 2 fully saturated rings. The lowest BCUT2D eigenvalue weighted by atomic mass is 9.93. The van der Waals surface area contributed by atoms with Crippen LogP contribution in [-0.4, -0.2) is 67.0 Å². The molecule has 2 saturated heterocycles. The van der Waals surface area contributed by atoms with Crippen molar-refractivity contribution in [3.05, 3.63) is 52.3 Å². The fourth-order valence-corrected chi connectivity index (χ4v) is 7.43. The van der Waals surface area contributed by atoms with Crippen LogP contribution < -0.4 is 5.43 Å². The second-order valence-corrected chi connectivity index (χ2v) is 13.2. The van der Waals surface area contributed by atoms with Gasteiger partial charge in [-0.3, -0.25) is 9.59 Å². The van der Waals surface area contributed by atoms with E-state index < -0.39 is 15.5 Å². The molecule has 2 atom stereocenters. The number of ether oxygens (including phenoxy) is 1. The van der Waals surface area contributed by atoms with Crippen molar-refractivity contribution < 1.29 is 17.9 Å². The average molecular weight is 542 g/mol. The van der Waals surface area contributed by atoms with Crippen molar-refractivity contribution >= 4 is 26.8 Å². The lowest BCUT2D eigenvalue weighted by Gasteiger charge is -2.30. The van der Waals surface area contributed by atoms with Crippen LogP contribution in [0.4, 0.5) is 0 Å². The van der Waals surface area contributed by atoms with E-state index >= 15 is 0 Å². The molecule has 2 aliphatic heterocycles. The van der Waals surface area contributed by atoms with Crippen LogP contribution in [-0.2, 0) is 21.8 Å². The topological polar surface area (TPSA) is 88.9 Å². The molecular weight excluding hydrogens is 502 g/mol. The molecule has 3 aliphatic rings. The van der Waals surface area contributed by atoms with Gasteiger partial charge in [-0.2, -0.15) is 4.31 Å². The summed E-state index contributed by atoms with van der Waals surface area (Å²) in [4.78, 5) is 29.5. The van der Waals surface area contributed by atoms with Crippen LogP contribution in [0.2, 0.25) is 0 Å². The average Bonchev–Trinajstić information content (AvgIpc) is 3.44. The summed E-state index contributed by atoms with van der Waals surface area (Å²) in [5.41, 5.74) is 0.250. The maximum Gasteiger partial charge on any atom is 0.259 e. The number of aromatic nitrogens is 1. The standard InChI is InChI=1S/C29H39N3O5S/c1-21-12-14-32(15-13-21)38(35,36)24-10-11-27-25(17-24)28(33)26(20-30(27)2)29(34)31(19-23-9-6-16-37-23)18-22-7-4-3-5-8-22/h3-4,10-11,17,20-23H,5-9,12-16,18-19H2,1-2H3/t22-,23+/m1/s1. The van der Waals surface area contributed by atoms with Crippen molar-refractivity contribution in [1.82, 2.24) is 13.8 Å². The first-order valence-corrected chi connectivity index (χ1v) is 15.4. The third-order valence-corrected chi connectivity index (χ3v) is 10.3. The van der Waals surface area contributed by atoms with Crippen LogP contribution in [0.25, 0.3) is 10.9 Å². The van der Waals surface area contributed by atoms with Crippen LogP contribution in [0.15, 0.2) is 46.2 Å². The third kappa shape index (κ3) is 5.60. The van der Waals surface area contributed by atoms with Gasteiger partial charge in [0.2, 0.25) is 15.5 Å². The van der Waals surface area contributed by atoms with Gasteiger partial charge in [0.15, 0.2) is 0 Å². The maximum atomic E-state index is 13.9. The number of benzene rings is 1. The van der Waals surface area contributed by atoms with Crippen molar-refractivity contribution in [1.29, 1.82) is 0 Å². The minimum atomic E-state index is -3.72. The summed E-state index contributed by atoms with van der Waals surface area (Å²) in [5.74, 6) is 0.538. The Kier molecular flexibility index (Phi) is 8.07. The zero-order valence-corrected chi connectivity index (χ0v) is 23.3.